The SMILES string of the molecule is C=CCCCCOC(=O)[C@@H]1[C@H]2C(=O)N([C@@H](CO)[C@@H](C)CC)C(C(=O)N(CC=C)C3CCCCC3)C23CC[C@@]1(C)S3. The molecule has 4 aliphatic rings. The molecule has 0 aromatic heterocycles. The van der Waals surface area contributed by atoms with Crippen molar-refractivity contribution in [3.63, 3.8) is 0 Å². The first kappa shape index (κ1) is 31.1. The molecule has 0 aromatic rings. The zero-order chi connectivity index (χ0) is 29.1. The number of thioether (sulfide) groups is 1. The largest absolute Gasteiger partial charge is 0.465 e. The fourth-order valence-corrected chi connectivity index (χ4v) is 10.3. The van der Waals surface area contributed by atoms with Gasteiger partial charge in [-0.3, -0.25) is 14.4 Å². The van der Waals surface area contributed by atoms with E-state index in [1.807, 2.05) is 24.8 Å². The highest BCUT2D eigenvalue weighted by Gasteiger charge is 2.78. The van der Waals surface area contributed by atoms with Crippen LogP contribution in [0, 0.1) is 17.8 Å². The van der Waals surface area contributed by atoms with E-state index in [1.54, 1.807) is 22.7 Å². The summed E-state index contributed by atoms with van der Waals surface area (Å²) < 4.78 is 4.64. The molecule has 7 atom stereocenters. The van der Waals surface area contributed by atoms with Gasteiger partial charge < -0.3 is 19.6 Å². The third-order valence-corrected chi connectivity index (χ3v) is 12.2. The van der Waals surface area contributed by atoms with E-state index < -0.39 is 33.4 Å². The van der Waals surface area contributed by atoms with Gasteiger partial charge in [0.1, 0.15) is 6.04 Å². The summed E-state index contributed by atoms with van der Waals surface area (Å²) in [6, 6.07) is -1.07. The van der Waals surface area contributed by atoms with Gasteiger partial charge in [0.15, 0.2) is 0 Å². The third kappa shape index (κ3) is 5.39. The van der Waals surface area contributed by atoms with Gasteiger partial charge in [-0.2, -0.15) is 0 Å². The Morgan fingerprint density at radius 3 is 2.55 bits per heavy atom. The standard InChI is InChI=1S/C32H50N2O5S/c1-6-9-10-14-20-39-30(38)26-25-28(36)34(24(21-35)22(4)8-3)27(32(25)18-17-31(26,5)40-32)29(37)33(19-7-2)23-15-12-11-13-16-23/h6-7,22-27,35H,1-2,8-21H2,3-5H3/t22-,24-,25-,26-,27?,31+,32?/m0/s1. The minimum Gasteiger partial charge on any atom is -0.465 e. The number of unbranched alkanes of at least 4 members (excludes halogenated alkanes) is 2. The molecule has 2 bridgehead atoms. The Bertz CT molecular complexity index is 967. The fraction of sp³-hybridized carbons (Fsp3) is 0.781. The number of ether oxygens (including phenoxy) is 1. The summed E-state index contributed by atoms with van der Waals surface area (Å²) in [7, 11) is 0. The lowest BCUT2D eigenvalue weighted by molar-refractivity contribution is -0.156. The molecule has 3 heterocycles. The normalized spacial score (nSPS) is 33.0. The molecule has 4 rings (SSSR count). The summed E-state index contributed by atoms with van der Waals surface area (Å²) in [4.78, 5) is 46.6. The highest BCUT2D eigenvalue weighted by atomic mass is 32.2. The Morgan fingerprint density at radius 2 is 1.93 bits per heavy atom. The van der Waals surface area contributed by atoms with Crippen molar-refractivity contribution in [3.05, 3.63) is 25.3 Å². The molecule has 2 unspecified atom stereocenters. The van der Waals surface area contributed by atoms with Crippen LogP contribution in [0.15, 0.2) is 25.3 Å². The Kier molecular flexibility index (Phi) is 10.1. The lowest BCUT2D eigenvalue weighted by Crippen LogP contribution is -2.60. The number of aliphatic hydroxyl groups excluding tert-OH is 1. The zero-order valence-electron chi connectivity index (χ0n) is 24.8. The van der Waals surface area contributed by atoms with Gasteiger partial charge in [-0.05, 0) is 57.8 Å². The van der Waals surface area contributed by atoms with E-state index in [1.165, 1.54) is 6.42 Å². The summed E-state index contributed by atoms with van der Waals surface area (Å²) in [6.07, 6.45) is 13.7. The predicted molar refractivity (Wildman–Crippen MR) is 160 cm³/mol. The molecule has 1 saturated carbocycles. The smallest absolute Gasteiger partial charge is 0.311 e. The van der Waals surface area contributed by atoms with Gasteiger partial charge in [0.05, 0.1) is 35.8 Å². The average Bonchev–Trinajstić information content (AvgIpc) is 3.52. The summed E-state index contributed by atoms with van der Waals surface area (Å²) in [6.45, 7) is 14.4. The molecular formula is C32H50N2O5S. The summed E-state index contributed by atoms with van der Waals surface area (Å²) in [5.74, 6) is -1.74. The number of rotatable bonds is 14. The van der Waals surface area contributed by atoms with Gasteiger partial charge in [-0.1, -0.05) is 51.7 Å². The van der Waals surface area contributed by atoms with Crippen LogP contribution in [-0.4, -0.2) is 80.1 Å². The quantitative estimate of drug-likeness (QED) is 0.176. The molecule has 8 heteroatoms. The van der Waals surface area contributed by atoms with Crippen LogP contribution in [0.2, 0.25) is 0 Å². The number of likely N-dealkylation sites (tertiary alicyclic amines) is 1. The second kappa shape index (κ2) is 13.0. The van der Waals surface area contributed by atoms with Gasteiger partial charge in [0.25, 0.3) is 0 Å². The summed E-state index contributed by atoms with van der Waals surface area (Å²) in [5, 5.41) is 10.6. The number of hydrogen-bond acceptors (Lipinski definition) is 6. The number of carbonyl (C=O) groups is 3. The van der Waals surface area contributed by atoms with Gasteiger partial charge in [-0.15, -0.1) is 24.9 Å². The van der Waals surface area contributed by atoms with Crippen LogP contribution in [-0.2, 0) is 19.1 Å². The first-order chi connectivity index (χ1) is 19.2. The topological polar surface area (TPSA) is 87.1 Å². The number of nitrogens with zero attached hydrogens (tertiary/aromatic N) is 2. The van der Waals surface area contributed by atoms with Gasteiger partial charge in [0, 0.05) is 17.3 Å². The lowest BCUT2D eigenvalue weighted by Gasteiger charge is -2.43. The van der Waals surface area contributed by atoms with E-state index >= 15 is 0 Å². The molecule has 3 saturated heterocycles. The van der Waals surface area contributed by atoms with Crippen LogP contribution in [0.4, 0.5) is 0 Å². The number of aliphatic hydroxyl groups is 1. The van der Waals surface area contributed by atoms with Crippen molar-refractivity contribution in [1.29, 1.82) is 0 Å². The number of amides is 2. The second-order valence-electron chi connectivity index (χ2n) is 12.6. The number of fused-ring (bicyclic) bond motifs is 1. The van der Waals surface area contributed by atoms with Crippen molar-refractivity contribution in [2.24, 2.45) is 17.8 Å². The van der Waals surface area contributed by atoms with E-state index in [0.29, 0.717) is 19.6 Å². The molecule has 1 spiro atoms. The van der Waals surface area contributed by atoms with E-state index in [4.69, 9.17) is 4.74 Å². The van der Waals surface area contributed by atoms with E-state index in [2.05, 4.69) is 20.1 Å². The fourth-order valence-electron chi connectivity index (χ4n) is 7.93. The van der Waals surface area contributed by atoms with Crippen molar-refractivity contribution >= 4 is 29.5 Å². The highest BCUT2D eigenvalue weighted by molar-refractivity contribution is 8.02. The Labute approximate surface area is 245 Å². The van der Waals surface area contributed by atoms with Crippen LogP contribution >= 0.6 is 11.8 Å². The Morgan fingerprint density at radius 1 is 1.20 bits per heavy atom. The zero-order valence-corrected chi connectivity index (χ0v) is 25.6. The molecule has 1 aliphatic carbocycles. The molecule has 4 fully saturated rings. The van der Waals surface area contributed by atoms with Crippen molar-refractivity contribution in [2.75, 3.05) is 19.8 Å². The molecule has 2 amide bonds. The average molecular weight is 575 g/mol. The number of hydrogen-bond donors (Lipinski definition) is 1. The van der Waals surface area contributed by atoms with Crippen molar-refractivity contribution in [1.82, 2.24) is 9.80 Å². The van der Waals surface area contributed by atoms with E-state index in [9.17, 15) is 19.5 Å². The molecule has 224 valence electrons. The first-order valence-corrected chi connectivity index (χ1v) is 16.3. The van der Waals surface area contributed by atoms with E-state index in [-0.39, 0.29) is 36.4 Å². The van der Waals surface area contributed by atoms with Crippen LogP contribution in [0.25, 0.3) is 0 Å². The molecule has 0 aromatic carbocycles. The van der Waals surface area contributed by atoms with Crippen LogP contribution < -0.4 is 0 Å². The van der Waals surface area contributed by atoms with Crippen LogP contribution in [0.5, 0.6) is 0 Å². The highest BCUT2D eigenvalue weighted by Crippen LogP contribution is 2.72. The Balaban J connectivity index is 1.72. The third-order valence-electron chi connectivity index (χ3n) is 10.2. The predicted octanol–water partition coefficient (Wildman–Crippen LogP) is 5.12. The number of allylic oxidation sites excluding steroid dienone is 1. The monoisotopic (exact) mass is 574 g/mol. The minimum atomic E-state index is -0.713. The van der Waals surface area contributed by atoms with Crippen molar-refractivity contribution in [3.8, 4) is 0 Å². The molecule has 1 N–H and O–H groups in total. The van der Waals surface area contributed by atoms with Crippen LogP contribution in [0.3, 0.4) is 0 Å². The van der Waals surface area contributed by atoms with Crippen molar-refractivity contribution in [2.45, 2.75) is 119 Å². The first-order valence-electron chi connectivity index (χ1n) is 15.5. The molecule has 7 nitrogen and oxygen atoms in total. The Hall–Kier alpha value is -1.80. The van der Waals surface area contributed by atoms with E-state index in [0.717, 1.165) is 57.8 Å². The van der Waals surface area contributed by atoms with Gasteiger partial charge >= 0.3 is 5.97 Å². The number of carbonyl (C=O) groups excluding carboxylic acids is 3. The molecular weight excluding hydrogens is 524 g/mol. The lowest BCUT2D eigenvalue weighted by atomic mass is 9.66. The molecule has 3 aliphatic heterocycles. The second-order valence-corrected chi connectivity index (χ2v) is 14.5. The van der Waals surface area contributed by atoms with Gasteiger partial charge in [-0.25, -0.2) is 0 Å². The van der Waals surface area contributed by atoms with Crippen LogP contribution in [0.1, 0.15) is 91.4 Å². The molecule has 0 radical (unpaired) electrons. The van der Waals surface area contributed by atoms with Crippen molar-refractivity contribution < 1.29 is 24.2 Å². The molecule has 40 heavy (non-hydrogen) atoms. The number of esters is 1. The minimum absolute atomic E-state index is 0.00931. The summed E-state index contributed by atoms with van der Waals surface area (Å²) >= 11 is 1.68. The van der Waals surface area contributed by atoms with Gasteiger partial charge in [0.2, 0.25) is 11.8 Å². The summed E-state index contributed by atoms with van der Waals surface area (Å²) in [5.41, 5.74) is 0. The maximum Gasteiger partial charge on any atom is 0.311 e. The maximum absolute atomic E-state index is 14.8. The maximum atomic E-state index is 14.8.